The quantitative estimate of drug-likeness (QED) is 0.132. The van der Waals surface area contributed by atoms with E-state index < -0.39 is 29.4 Å². The monoisotopic (exact) mass is 541 g/mol. The number of ether oxygens (including phenoxy) is 5. The minimum atomic E-state index is -4.51. The molecule has 0 heterocycles. The minimum Gasteiger partial charge on any atom is -0.491 e. The van der Waals surface area contributed by atoms with Crippen LogP contribution >= 0.6 is 0 Å². The lowest BCUT2D eigenvalue weighted by Crippen LogP contribution is -2.26. The van der Waals surface area contributed by atoms with Crippen molar-refractivity contribution >= 4 is 11.8 Å². The van der Waals surface area contributed by atoms with E-state index in [9.17, 15) is 22.8 Å². The fourth-order valence-electron chi connectivity index (χ4n) is 3.43. The molecular weight excluding hydrogens is 507 g/mol. The SMILES string of the molecule is COC(=O)C(CCc1ccc(OCCOCCOCCOCCN)cc1)C(=O)c1ccc(C(F)(F)F)cc1. The van der Waals surface area contributed by atoms with Crippen LogP contribution in [0.15, 0.2) is 48.5 Å². The van der Waals surface area contributed by atoms with E-state index in [0.29, 0.717) is 65.0 Å². The number of carbonyl (C=O) groups excluding carboxylic acids is 2. The van der Waals surface area contributed by atoms with Gasteiger partial charge in [-0.1, -0.05) is 24.3 Å². The number of Topliss-reactive ketones (excluding diaryl/α,β-unsaturated/α-hetero) is 1. The number of ketones is 1. The van der Waals surface area contributed by atoms with Crippen molar-refractivity contribution in [1.29, 1.82) is 0 Å². The summed E-state index contributed by atoms with van der Waals surface area (Å²) < 4.78 is 64.8. The van der Waals surface area contributed by atoms with Gasteiger partial charge in [0.15, 0.2) is 5.78 Å². The molecule has 0 aliphatic heterocycles. The summed E-state index contributed by atoms with van der Waals surface area (Å²) >= 11 is 0. The van der Waals surface area contributed by atoms with Crippen molar-refractivity contribution in [2.24, 2.45) is 11.7 Å². The Bertz CT molecular complexity index is 966. The van der Waals surface area contributed by atoms with Crippen molar-refractivity contribution in [3.8, 4) is 5.75 Å². The van der Waals surface area contributed by atoms with E-state index in [4.69, 9.17) is 29.4 Å². The molecule has 0 aliphatic rings. The lowest BCUT2D eigenvalue weighted by molar-refractivity contribution is -0.144. The largest absolute Gasteiger partial charge is 0.491 e. The fraction of sp³-hybridized carbons (Fsp3) is 0.481. The molecule has 1 atom stereocenters. The van der Waals surface area contributed by atoms with Gasteiger partial charge in [-0.15, -0.1) is 0 Å². The maximum Gasteiger partial charge on any atom is 0.416 e. The van der Waals surface area contributed by atoms with Crippen LogP contribution in [0.1, 0.15) is 27.9 Å². The first-order chi connectivity index (χ1) is 18.3. The number of hydrogen-bond donors (Lipinski definition) is 1. The van der Waals surface area contributed by atoms with Crippen molar-refractivity contribution < 1.29 is 46.4 Å². The average molecular weight is 542 g/mol. The van der Waals surface area contributed by atoms with Crippen LogP contribution in [-0.4, -0.2) is 71.7 Å². The van der Waals surface area contributed by atoms with Crippen LogP contribution in [0.5, 0.6) is 5.75 Å². The molecule has 0 amide bonds. The smallest absolute Gasteiger partial charge is 0.416 e. The summed E-state index contributed by atoms with van der Waals surface area (Å²) in [5.74, 6) is -1.82. The van der Waals surface area contributed by atoms with Gasteiger partial charge in [0.25, 0.3) is 0 Å². The van der Waals surface area contributed by atoms with Gasteiger partial charge in [-0.3, -0.25) is 9.59 Å². The topological polar surface area (TPSA) is 106 Å². The van der Waals surface area contributed by atoms with Gasteiger partial charge in [0.2, 0.25) is 0 Å². The first-order valence-corrected chi connectivity index (χ1v) is 12.2. The molecular formula is C27H34F3NO7. The Morgan fingerprint density at radius 1 is 0.816 bits per heavy atom. The van der Waals surface area contributed by atoms with Crippen LogP contribution in [0.4, 0.5) is 13.2 Å². The zero-order valence-electron chi connectivity index (χ0n) is 21.3. The Labute approximate surface area is 220 Å². The molecule has 38 heavy (non-hydrogen) atoms. The zero-order valence-corrected chi connectivity index (χ0v) is 21.3. The highest BCUT2D eigenvalue weighted by Crippen LogP contribution is 2.29. The number of aryl methyl sites for hydroxylation is 1. The van der Waals surface area contributed by atoms with Gasteiger partial charge in [0.1, 0.15) is 18.3 Å². The minimum absolute atomic E-state index is 0.0162. The van der Waals surface area contributed by atoms with E-state index in [1.54, 1.807) is 12.1 Å². The highest BCUT2D eigenvalue weighted by Gasteiger charge is 2.32. The molecule has 210 valence electrons. The van der Waals surface area contributed by atoms with E-state index >= 15 is 0 Å². The average Bonchev–Trinajstić information content (AvgIpc) is 2.91. The van der Waals surface area contributed by atoms with Crippen molar-refractivity contribution in [2.75, 3.05) is 59.9 Å². The highest BCUT2D eigenvalue weighted by atomic mass is 19.4. The van der Waals surface area contributed by atoms with Gasteiger partial charge >= 0.3 is 12.1 Å². The molecule has 1 unspecified atom stereocenters. The molecule has 0 aromatic heterocycles. The van der Waals surface area contributed by atoms with E-state index in [1.165, 1.54) is 0 Å². The Hall–Kier alpha value is -2.99. The Balaban J connectivity index is 1.75. The first-order valence-electron chi connectivity index (χ1n) is 12.2. The first kappa shape index (κ1) is 31.2. The van der Waals surface area contributed by atoms with E-state index in [0.717, 1.165) is 36.9 Å². The van der Waals surface area contributed by atoms with Gasteiger partial charge in [0, 0.05) is 12.1 Å². The number of halogens is 3. The lowest BCUT2D eigenvalue weighted by atomic mass is 9.91. The summed E-state index contributed by atoms with van der Waals surface area (Å²) in [5.41, 5.74) is 5.32. The predicted molar refractivity (Wildman–Crippen MR) is 133 cm³/mol. The van der Waals surface area contributed by atoms with E-state index in [-0.39, 0.29) is 12.0 Å². The van der Waals surface area contributed by atoms with Crippen LogP contribution in [0, 0.1) is 5.92 Å². The van der Waals surface area contributed by atoms with Crippen LogP contribution in [0.3, 0.4) is 0 Å². The normalized spacial score (nSPS) is 12.2. The summed E-state index contributed by atoms with van der Waals surface area (Å²) in [6.07, 6.45) is -3.99. The summed E-state index contributed by atoms with van der Waals surface area (Å²) in [4.78, 5) is 25.1. The van der Waals surface area contributed by atoms with E-state index in [2.05, 4.69) is 0 Å². The van der Waals surface area contributed by atoms with Gasteiger partial charge in [-0.2, -0.15) is 13.2 Å². The van der Waals surface area contributed by atoms with Crippen molar-refractivity contribution in [3.05, 3.63) is 65.2 Å². The molecule has 0 bridgehead atoms. The van der Waals surface area contributed by atoms with Gasteiger partial charge < -0.3 is 29.4 Å². The maximum absolute atomic E-state index is 12.8. The lowest BCUT2D eigenvalue weighted by Gasteiger charge is -2.15. The molecule has 0 aliphatic carbocycles. The molecule has 11 heteroatoms. The number of hydrogen-bond acceptors (Lipinski definition) is 8. The van der Waals surface area contributed by atoms with Crippen molar-refractivity contribution in [1.82, 2.24) is 0 Å². The number of carbonyl (C=O) groups is 2. The number of esters is 1. The number of benzene rings is 2. The molecule has 0 spiro atoms. The molecule has 8 nitrogen and oxygen atoms in total. The van der Waals surface area contributed by atoms with Crippen LogP contribution in [0.25, 0.3) is 0 Å². The molecule has 2 rings (SSSR count). The molecule has 0 saturated carbocycles. The maximum atomic E-state index is 12.8. The third-order valence-electron chi connectivity index (χ3n) is 5.45. The van der Waals surface area contributed by atoms with Crippen molar-refractivity contribution in [2.45, 2.75) is 19.0 Å². The summed E-state index contributed by atoms with van der Waals surface area (Å²) in [6, 6.07) is 10.9. The fourth-order valence-corrected chi connectivity index (χ4v) is 3.43. The molecule has 2 N–H and O–H groups in total. The summed E-state index contributed by atoms with van der Waals surface area (Å²) in [6.45, 7) is 3.60. The Morgan fingerprint density at radius 3 is 1.89 bits per heavy atom. The Kier molecular flexibility index (Phi) is 13.8. The van der Waals surface area contributed by atoms with Gasteiger partial charge in [-0.05, 0) is 42.7 Å². The molecule has 2 aromatic rings. The van der Waals surface area contributed by atoms with Crippen LogP contribution < -0.4 is 10.5 Å². The number of nitrogens with two attached hydrogens (primary N) is 1. The second-order valence-corrected chi connectivity index (χ2v) is 8.17. The van der Waals surface area contributed by atoms with Gasteiger partial charge in [0.05, 0.1) is 52.3 Å². The Morgan fingerprint density at radius 2 is 1.37 bits per heavy atom. The standard InChI is InChI=1S/C27H34F3NO7/c1-34-26(33)24(25(32)21-5-7-22(8-6-21)27(28,29)30)11-4-20-2-9-23(10-3-20)38-19-18-37-17-16-36-15-14-35-13-12-31/h2-3,5-10,24H,4,11-19,31H2,1H3. The third kappa shape index (κ3) is 11.2. The number of methoxy groups -OCH3 is 1. The predicted octanol–water partition coefficient (Wildman–Crippen LogP) is 3.70. The highest BCUT2D eigenvalue weighted by molar-refractivity contribution is 6.08. The third-order valence-corrected chi connectivity index (χ3v) is 5.45. The van der Waals surface area contributed by atoms with Crippen LogP contribution in [0.2, 0.25) is 0 Å². The zero-order chi connectivity index (χ0) is 27.8. The second-order valence-electron chi connectivity index (χ2n) is 8.17. The van der Waals surface area contributed by atoms with Gasteiger partial charge in [-0.25, -0.2) is 0 Å². The van der Waals surface area contributed by atoms with E-state index in [1.807, 2.05) is 12.1 Å². The number of alkyl halides is 3. The van der Waals surface area contributed by atoms with Crippen molar-refractivity contribution in [3.63, 3.8) is 0 Å². The second kappa shape index (κ2) is 16.8. The molecule has 2 aromatic carbocycles. The van der Waals surface area contributed by atoms with Crippen LogP contribution in [-0.2, 0) is 36.3 Å². The molecule has 0 fully saturated rings. The molecule has 0 radical (unpaired) electrons. The summed E-state index contributed by atoms with van der Waals surface area (Å²) in [5, 5.41) is 0. The number of rotatable bonds is 18. The summed E-state index contributed by atoms with van der Waals surface area (Å²) in [7, 11) is 1.16. The molecule has 0 saturated heterocycles.